The van der Waals surface area contributed by atoms with Gasteiger partial charge in [-0.05, 0) is 38.0 Å². The lowest BCUT2D eigenvalue weighted by molar-refractivity contribution is -0.117. The molecule has 13 heteroatoms. The number of hydrogen-bond acceptors (Lipinski definition) is 10. The third-order valence-corrected chi connectivity index (χ3v) is 8.80. The van der Waals surface area contributed by atoms with Crippen LogP contribution in [0.15, 0.2) is 54.9 Å². The molecule has 238 valence electrons. The van der Waals surface area contributed by atoms with E-state index in [2.05, 4.69) is 56.2 Å². The van der Waals surface area contributed by atoms with Crippen molar-refractivity contribution in [2.75, 3.05) is 51.1 Å². The molecule has 3 aromatic heterocycles. The molecule has 2 aliphatic heterocycles. The van der Waals surface area contributed by atoms with E-state index in [-0.39, 0.29) is 34.8 Å². The summed E-state index contributed by atoms with van der Waals surface area (Å²) in [6, 6.07) is 13.9. The van der Waals surface area contributed by atoms with Crippen LogP contribution in [0, 0.1) is 5.92 Å². The SMILES string of the molecule is CNC(=O)c1nnc(NC(=O)C2CC2)cc1Nc1cccc(-c2cnn(C3CN(Cc4cccc(C5(C)COC5)n4)C3)c2)c1OC. The summed E-state index contributed by atoms with van der Waals surface area (Å²) in [4.78, 5) is 32.3. The lowest BCUT2D eigenvalue weighted by atomic mass is 9.84. The number of anilines is 3. The largest absolute Gasteiger partial charge is 0.494 e. The second kappa shape index (κ2) is 12.1. The first kappa shape index (κ1) is 29.8. The average Bonchev–Trinajstić information content (AvgIpc) is 3.78. The molecule has 2 saturated heterocycles. The fraction of sp³-hybridized carbons (Fsp3) is 0.394. The number of hydrogen-bond donors (Lipinski definition) is 3. The van der Waals surface area contributed by atoms with Crippen LogP contribution in [0.25, 0.3) is 11.1 Å². The Balaban J connectivity index is 1.06. The fourth-order valence-corrected chi connectivity index (χ4v) is 5.84. The summed E-state index contributed by atoms with van der Waals surface area (Å²) in [7, 11) is 3.13. The maximum Gasteiger partial charge on any atom is 0.273 e. The highest BCUT2D eigenvalue weighted by molar-refractivity contribution is 6.00. The second-order valence-electron chi connectivity index (χ2n) is 12.5. The van der Waals surface area contributed by atoms with Gasteiger partial charge in [-0.1, -0.05) is 18.2 Å². The number of ether oxygens (including phenoxy) is 2. The first-order chi connectivity index (χ1) is 22.3. The number of benzene rings is 1. The third kappa shape index (κ3) is 5.90. The zero-order valence-electron chi connectivity index (χ0n) is 26.1. The standard InChI is InChI=1S/C33H37N9O4/c1-33(18-46-19-33)27-9-4-6-22(36-27)15-41-16-23(17-41)42-14-21(13-35-42)24-7-5-8-25(30(24)45-3)37-26-12-28(38-31(43)20-10-11-20)39-40-29(26)32(44)34-2/h4-9,12-14,20,23H,10-11,15-19H2,1-3H3,(H,34,44)(H2,37,38,39,43). The van der Waals surface area contributed by atoms with Gasteiger partial charge in [0.25, 0.3) is 5.91 Å². The van der Waals surface area contributed by atoms with Crippen LogP contribution in [-0.4, -0.2) is 82.1 Å². The molecule has 1 aromatic carbocycles. The number of carbonyl (C=O) groups excluding carboxylic acids is 2. The van der Waals surface area contributed by atoms with E-state index in [4.69, 9.17) is 19.6 Å². The Morgan fingerprint density at radius 1 is 1.09 bits per heavy atom. The molecule has 4 aromatic rings. The number of pyridine rings is 1. The van der Waals surface area contributed by atoms with Gasteiger partial charge in [-0.15, -0.1) is 10.2 Å². The Morgan fingerprint density at radius 3 is 2.61 bits per heavy atom. The quantitative estimate of drug-likeness (QED) is 0.227. The van der Waals surface area contributed by atoms with Gasteiger partial charge in [0.1, 0.15) is 5.75 Å². The van der Waals surface area contributed by atoms with Crippen LogP contribution in [0.3, 0.4) is 0 Å². The molecule has 0 atom stereocenters. The van der Waals surface area contributed by atoms with E-state index in [1.807, 2.05) is 35.3 Å². The van der Waals surface area contributed by atoms with Gasteiger partial charge in [-0.2, -0.15) is 5.10 Å². The molecule has 46 heavy (non-hydrogen) atoms. The van der Waals surface area contributed by atoms with Crippen molar-refractivity contribution >= 4 is 29.0 Å². The molecule has 0 unspecified atom stereocenters. The average molecular weight is 624 g/mol. The van der Waals surface area contributed by atoms with Gasteiger partial charge >= 0.3 is 0 Å². The number of nitrogens with zero attached hydrogens (tertiary/aromatic N) is 6. The third-order valence-electron chi connectivity index (χ3n) is 8.80. The van der Waals surface area contributed by atoms with Crippen LogP contribution in [-0.2, 0) is 21.5 Å². The van der Waals surface area contributed by atoms with Gasteiger partial charge < -0.3 is 25.4 Å². The monoisotopic (exact) mass is 623 g/mol. The van der Waals surface area contributed by atoms with Crippen LogP contribution >= 0.6 is 0 Å². The highest BCUT2D eigenvalue weighted by atomic mass is 16.5. The molecular formula is C33H37N9O4. The fourth-order valence-electron chi connectivity index (χ4n) is 5.84. The van der Waals surface area contributed by atoms with Gasteiger partial charge in [0.2, 0.25) is 5.91 Å². The number of nitrogens with one attached hydrogen (secondary N) is 3. The number of methoxy groups -OCH3 is 1. The summed E-state index contributed by atoms with van der Waals surface area (Å²) in [5.74, 6) is 0.342. The Kier molecular flexibility index (Phi) is 7.87. The molecule has 5 heterocycles. The highest BCUT2D eigenvalue weighted by Crippen LogP contribution is 2.39. The first-order valence-corrected chi connectivity index (χ1v) is 15.5. The van der Waals surface area contributed by atoms with E-state index in [1.54, 1.807) is 13.2 Å². The van der Waals surface area contributed by atoms with E-state index in [9.17, 15) is 9.59 Å². The van der Waals surface area contributed by atoms with E-state index < -0.39 is 5.91 Å². The van der Waals surface area contributed by atoms with Crippen LogP contribution < -0.4 is 20.7 Å². The summed E-state index contributed by atoms with van der Waals surface area (Å²) in [6.45, 7) is 6.19. The Hall–Kier alpha value is -4.88. The van der Waals surface area contributed by atoms with E-state index in [0.29, 0.717) is 17.1 Å². The van der Waals surface area contributed by atoms with Crippen molar-refractivity contribution in [3.05, 3.63) is 71.9 Å². The summed E-state index contributed by atoms with van der Waals surface area (Å²) in [6.07, 6.45) is 5.60. The summed E-state index contributed by atoms with van der Waals surface area (Å²) in [5, 5.41) is 21.5. The number of para-hydroxylation sites is 1. The van der Waals surface area contributed by atoms with Gasteiger partial charge in [-0.25, -0.2) is 0 Å². The molecule has 2 amide bonds. The predicted molar refractivity (Wildman–Crippen MR) is 171 cm³/mol. The van der Waals surface area contributed by atoms with Crippen LogP contribution in [0.4, 0.5) is 17.2 Å². The maximum atomic E-state index is 12.6. The van der Waals surface area contributed by atoms with Crippen LogP contribution in [0.2, 0.25) is 0 Å². The number of aromatic nitrogens is 5. The van der Waals surface area contributed by atoms with Gasteiger partial charge in [-0.3, -0.25) is 24.2 Å². The minimum absolute atomic E-state index is 0.00264. The van der Waals surface area contributed by atoms with Gasteiger partial charge in [0, 0.05) is 56.0 Å². The Morgan fingerprint density at radius 2 is 1.89 bits per heavy atom. The maximum absolute atomic E-state index is 12.6. The van der Waals surface area contributed by atoms with Crippen molar-refractivity contribution in [1.29, 1.82) is 0 Å². The summed E-state index contributed by atoms with van der Waals surface area (Å²) in [5.41, 5.74) is 5.03. The van der Waals surface area contributed by atoms with Crippen molar-refractivity contribution in [1.82, 2.24) is 35.2 Å². The summed E-state index contributed by atoms with van der Waals surface area (Å²) >= 11 is 0. The molecule has 1 aliphatic carbocycles. The lowest BCUT2D eigenvalue weighted by Crippen LogP contribution is -2.47. The zero-order valence-corrected chi connectivity index (χ0v) is 26.1. The van der Waals surface area contributed by atoms with Crippen molar-refractivity contribution in [3.8, 4) is 16.9 Å². The van der Waals surface area contributed by atoms with Crippen molar-refractivity contribution in [3.63, 3.8) is 0 Å². The topological polar surface area (TPSA) is 148 Å². The van der Waals surface area contributed by atoms with Crippen LogP contribution in [0.5, 0.6) is 5.75 Å². The number of amides is 2. The van der Waals surface area contributed by atoms with Gasteiger partial charge in [0.15, 0.2) is 11.5 Å². The molecule has 3 aliphatic rings. The molecule has 0 radical (unpaired) electrons. The number of rotatable bonds is 11. The molecule has 0 spiro atoms. The summed E-state index contributed by atoms with van der Waals surface area (Å²) < 4.78 is 13.3. The molecule has 7 rings (SSSR count). The van der Waals surface area contributed by atoms with E-state index >= 15 is 0 Å². The highest BCUT2D eigenvalue weighted by Gasteiger charge is 2.37. The molecular weight excluding hydrogens is 586 g/mol. The number of carbonyl (C=O) groups is 2. The molecule has 3 N–H and O–H groups in total. The molecule has 0 bridgehead atoms. The Labute approximate surface area is 266 Å². The molecule has 1 saturated carbocycles. The second-order valence-corrected chi connectivity index (χ2v) is 12.5. The normalized spacial score (nSPS) is 17.5. The minimum Gasteiger partial charge on any atom is -0.494 e. The zero-order chi connectivity index (χ0) is 31.8. The van der Waals surface area contributed by atoms with Crippen LogP contribution in [0.1, 0.15) is 47.7 Å². The minimum atomic E-state index is -0.410. The van der Waals surface area contributed by atoms with Crippen molar-refractivity contribution in [2.24, 2.45) is 5.92 Å². The van der Waals surface area contributed by atoms with E-state index in [1.165, 1.54) is 7.05 Å². The van der Waals surface area contributed by atoms with E-state index in [0.717, 1.165) is 68.2 Å². The molecule has 13 nitrogen and oxygen atoms in total. The lowest BCUT2D eigenvalue weighted by Gasteiger charge is -2.40. The smallest absolute Gasteiger partial charge is 0.273 e. The van der Waals surface area contributed by atoms with Crippen molar-refractivity contribution < 1.29 is 19.1 Å². The first-order valence-electron chi connectivity index (χ1n) is 15.5. The number of likely N-dealkylation sites (tertiary alicyclic amines) is 1. The Bertz CT molecular complexity index is 1780. The van der Waals surface area contributed by atoms with Crippen molar-refractivity contribution in [2.45, 2.75) is 37.8 Å². The molecule has 3 fully saturated rings. The van der Waals surface area contributed by atoms with Gasteiger partial charge in [0.05, 0.1) is 60.7 Å². The predicted octanol–water partition coefficient (Wildman–Crippen LogP) is 3.54.